The Hall–Kier alpha value is -3.08. The Morgan fingerprint density at radius 3 is 2.55 bits per heavy atom. The van der Waals surface area contributed by atoms with Gasteiger partial charge in [-0.3, -0.25) is 9.59 Å². The summed E-state index contributed by atoms with van der Waals surface area (Å²) in [5, 5.41) is 10.2. The van der Waals surface area contributed by atoms with E-state index in [1.165, 1.54) is 56.1 Å². The number of ketones is 1. The van der Waals surface area contributed by atoms with E-state index in [0.717, 1.165) is 5.39 Å². The van der Waals surface area contributed by atoms with E-state index in [1.54, 1.807) is 6.07 Å². The van der Waals surface area contributed by atoms with Crippen LogP contribution < -0.4 is 0 Å². The van der Waals surface area contributed by atoms with Crippen LogP contribution >= 0.6 is 0 Å². The minimum atomic E-state index is -0.493. The maximum Gasteiger partial charge on any atom is 0.310 e. The molecule has 0 saturated heterocycles. The SMILES string of the molecule is O=C(Cc1coc2cc(O)ccc12)OCC(=O)c1ccc(C2CCCCC2)cc1. The standard InChI is InChI=1S/C24H24O5/c25-20-10-11-21-19(14-28-23(21)13-20)12-24(27)29-15-22(26)18-8-6-17(7-9-18)16-4-2-1-3-5-16/h6-11,13-14,16,25H,1-5,12,15H2. The molecule has 0 amide bonds. The highest BCUT2D eigenvalue weighted by molar-refractivity contribution is 5.98. The fraction of sp³-hybridized carbons (Fsp3) is 0.333. The third-order valence-corrected chi connectivity index (χ3v) is 5.65. The number of phenolic OH excluding ortho intramolecular Hbond substituents is 1. The average molecular weight is 392 g/mol. The molecule has 1 saturated carbocycles. The molecule has 1 N–H and O–H groups in total. The van der Waals surface area contributed by atoms with Crippen LogP contribution in [-0.4, -0.2) is 23.5 Å². The van der Waals surface area contributed by atoms with Crippen LogP contribution in [0.1, 0.15) is 59.5 Å². The van der Waals surface area contributed by atoms with Gasteiger partial charge in [0, 0.05) is 22.6 Å². The van der Waals surface area contributed by atoms with Gasteiger partial charge in [0.15, 0.2) is 12.4 Å². The van der Waals surface area contributed by atoms with E-state index in [4.69, 9.17) is 9.15 Å². The Morgan fingerprint density at radius 1 is 1.03 bits per heavy atom. The van der Waals surface area contributed by atoms with Crippen LogP contribution in [0, 0.1) is 0 Å². The number of carbonyl (C=O) groups is 2. The summed E-state index contributed by atoms with van der Waals surface area (Å²) in [6.07, 6.45) is 7.77. The van der Waals surface area contributed by atoms with E-state index in [-0.39, 0.29) is 24.6 Å². The fourth-order valence-electron chi connectivity index (χ4n) is 4.02. The van der Waals surface area contributed by atoms with Crippen LogP contribution in [-0.2, 0) is 16.0 Å². The molecule has 5 heteroatoms. The Bertz CT molecular complexity index is 1010. The normalized spacial score (nSPS) is 14.8. The lowest BCUT2D eigenvalue weighted by molar-refractivity contribution is -0.141. The van der Waals surface area contributed by atoms with Crippen LogP contribution in [0.15, 0.2) is 53.1 Å². The molecule has 2 aromatic carbocycles. The van der Waals surface area contributed by atoms with Crippen LogP contribution in [0.25, 0.3) is 11.0 Å². The maximum absolute atomic E-state index is 12.4. The van der Waals surface area contributed by atoms with Gasteiger partial charge in [0.05, 0.1) is 12.7 Å². The number of aromatic hydroxyl groups is 1. The average Bonchev–Trinajstić information content (AvgIpc) is 3.14. The largest absolute Gasteiger partial charge is 0.508 e. The van der Waals surface area contributed by atoms with Gasteiger partial charge in [-0.2, -0.15) is 0 Å². The molecule has 3 aromatic rings. The van der Waals surface area contributed by atoms with Gasteiger partial charge in [-0.1, -0.05) is 43.5 Å². The Morgan fingerprint density at radius 2 is 1.79 bits per heavy atom. The monoisotopic (exact) mass is 392 g/mol. The summed E-state index contributed by atoms with van der Waals surface area (Å²) in [6.45, 7) is -0.280. The molecule has 0 bridgehead atoms. The summed E-state index contributed by atoms with van der Waals surface area (Å²) >= 11 is 0. The molecular formula is C24H24O5. The van der Waals surface area contributed by atoms with Gasteiger partial charge < -0.3 is 14.3 Å². The third kappa shape index (κ3) is 4.50. The molecule has 0 atom stereocenters. The smallest absolute Gasteiger partial charge is 0.310 e. The number of esters is 1. The highest BCUT2D eigenvalue weighted by Crippen LogP contribution is 2.32. The lowest BCUT2D eigenvalue weighted by Crippen LogP contribution is -2.15. The number of benzene rings is 2. The quantitative estimate of drug-likeness (QED) is 0.463. The van der Waals surface area contributed by atoms with Crippen LogP contribution in [0.4, 0.5) is 0 Å². The number of Topliss-reactive ketones (excluding diaryl/α,β-unsaturated/α-hetero) is 1. The van der Waals surface area contributed by atoms with Crippen molar-refractivity contribution in [3.05, 3.63) is 65.4 Å². The molecule has 4 rings (SSSR count). The van der Waals surface area contributed by atoms with Crippen molar-refractivity contribution in [2.75, 3.05) is 6.61 Å². The first-order valence-corrected chi connectivity index (χ1v) is 10.1. The topological polar surface area (TPSA) is 76.7 Å². The molecule has 1 fully saturated rings. The lowest BCUT2D eigenvalue weighted by Gasteiger charge is -2.22. The second kappa shape index (κ2) is 8.52. The molecule has 1 aromatic heterocycles. The van der Waals surface area contributed by atoms with Gasteiger partial charge >= 0.3 is 5.97 Å². The summed E-state index contributed by atoms with van der Waals surface area (Å²) in [5.74, 6) is -0.0121. The van der Waals surface area contributed by atoms with Crippen LogP contribution in [0.2, 0.25) is 0 Å². The van der Waals surface area contributed by atoms with E-state index in [0.29, 0.717) is 22.6 Å². The Balaban J connectivity index is 1.32. The lowest BCUT2D eigenvalue weighted by atomic mass is 9.84. The first-order valence-electron chi connectivity index (χ1n) is 10.1. The van der Waals surface area contributed by atoms with Crippen molar-refractivity contribution >= 4 is 22.7 Å². The van der Waals surface area contributed by atoms with Crippen molar-refractivity contribution in [2.45, 2.75) is 44.4 Å². The predicted molar refractivity (Wildman–Crippen MR) is 109 cm³/mol. The van der Waals surface area contributed by atoms with E-state index in [2.05, 4.69) is 0 Å². The number of hydrogen-bond donors (Lipinski definition) is 1. The van der Waals surface area contributed by atoms with Gasteiger partial charge in [0.1, 0.15) is 11.3 Å². The van der Waals surface area contributed by atoms with E-state index >= 15 is 0 Å². The number of ether oxygens (including phenoxy) is 1. The van der Waals surface area contributed by atoms with Crippen LogP contribution in [0.3, 0.4) is 0 Å². The van der Waals surface area contributed by atoms with Crippen molar-refractivity contribution in [3.8, 4) is 5.75 Å². The van der Waals surface area contributed by atoms with E-state index in [9.17, 15) is 14.7 Å². The number of fused-ring (bicyclic) bond motifs is 1. The molecular weight excluding hydrogens is 368 g/mol. The number of furan rings is 1. The van der Waals surface area contributed by atoms with Gasteiger partial charge in [-0.25, -0.2) is 0 Å². The highest BCUT2D eigenvalue weighted by Gasteiger charge is 2.17. The van der Waals surface area contributed by atoms with Gasteiger partial charge in [0.2, 0.25) is 0 Å². The molecule has 0 aliphatic heterocycles. The van der Waals surface area contributed by atoms with Crippen LogP contribution in [0.5, 0.6) is 5.75 Å². The zero-order chi connectivity index (χ0) is 20.2. The van der Waals surface area contributed by atoms with Crippen molar-refractivity contribution < 1.29 is 23.8 Å². The number of phenols is 1. The number of rotatable bonds is 6. The van der Waals surface area contributed by atoms with Crippen molar-refractivity contribution in [1.82, 2.24) is 0 Å². The Kier molecular flexibility index (Phi) is 5.65. The molecule has 0 spiro atoms. The third-order valence-electron chi connectivity index (χ3n) is 5.65. The summed E-state index contributed by atoms with van der Waals surface area (Å²) < 4.78 is 10.5. The van der Waals surface area contributed by atoms with E-state index < -0.39 is 5.97 Å². The van der Waals surface area contributed by atoms with Gasteiger partial charge in [-0.15, -0.1) is 0 Å². The summed E-state index contributed by atoms with van der Waals surface area (Å²) in [7, 11) is 0. The summed E-state index contributed by atoms with van der Waals surface area (Å²) in [5.41, 5.74) is 3.01. The second-order valence-electron chi connectivity index (χ2n) is 7.66. The second-order valence-corrected chi connectivity index (χ2v) is 7.66. The first kappa shape index (κ1) is 19.2. The molecule has 0 unspecified atom stereocenters. The van der Waals surface area contributed by atoms with E-state index in [1.807, 2.05) is 24.3 Å². The highest BCUT2D eigenvalue weighted by atomic mass is 16.5. The zero-order valence-electron chi connectivity index (χ0n) is 16.2. The number of carbonyl (C=O) groups excluding carboxylic acids is 2. The van der Waals surface area contributed by atoms with Crippen molar-refractivity contribution in [3.63, 3.8) is 0 Å². The molecule has 1 heterocycles. The zero-order valence-corrected chi connectivity index (χ0v) is 16.2. The minimum Gasteiger partial charge on any atom is -0.508 e. The Labute approximate surface area is 169 Å². The first-order chi connectivity index (χ1) is 14.1. The van der Waals surface area contributed by atoms with Gasteiger partial charge in [0.25, 0.3) is 0 Å². The van der Waals surface area contributed by atoms with Gasteiger partial charge in [-0.05, 0) is 36.5 Å². The van der Waals surface area contributed by atoms with Crippen molar-refractivity contribution in [2.24, 2.45) is 0 Å². The molecule has 5 nitrogen and oxygen atoms in total. The summed E-state index contributed by atoms with van der Waals surface area (Å²) in [6, 6.07) is 12.4. The summed E-state index contributed by atoms with van der Waals surface area (Å²) in [4.78, 5) is 24.5. The van der Waals surface area contributed by atoms with Crippen molar-refractivity contribution in [1.29, 1.82) is 0 Å². The molecule has 0 radical (unpaired) electrons. The molecule has 1 aliphatic carbocycles. The maximum atomic E-state index is 12.4. The molecule has 1 aliphatic rings. The fourth-order valence-corrected chi connectivity index (χ4v) is 4.02. The molecule has 29 heavy (non-hydrogen) atoms. The minimum absolute atomic E-state index is 0.00563. The molecule has 150 valence electrons. The predicted octanol–water partition coefficient (Wildman–Crippen LogP) is 5.15. The number of hydrogen-bond acceptors (Lipinski definition) is 5.